The molecule has 0 radical (unpaired) electrons. The number of carboxylic acids is 1. The molecule has 0 fully saturated rings. The first-order valence-corrected chi connectivity index (χ1v) is 14.0. The second kappa shape index (κ2) is 11.3. The molecular weight excluding hydrogens is 552 g/mol. The first-order chi connectivity index (χ1) is 20.4. The van der Waals surface area contributed by atoms with E-state index in [0.29, 0.717) is 32.1 Å². The summed E-state index contributed by atoms with van der Waals surface area (Å²) in [6, 6.07) is 27.8. The van der Waals surface area contributed by atoms with Crippen LogP contribution in [0, 0.1) is 0 Å². The molecule has 6 rings (SSSR count). The van der Waals surface area contributed by atoms with Crippen molar-refractivity contribution in [2.45, 2.75) is 13.0 Å². The molecule has 8 nitrogen and oxygen atoms in total. The molecule has 208 valence electrons. The Labute approximate surface area is 243 Å². The van der Waals surface area contributed by atoms with Crippen molar-refractivity contribution >= 4 is 35.0 Å². The van der Waals surface area contributed by atoms with Crippen molar-refractivity contribution in [1.29, 1.82) is 0 Å². The van der Waals surface area contributed by atoms with Crippen LogP contribution in [0.3, 0.4) is 0 Å². The van der Waals surface area contributed by atoms with Gasteiger partial charge in [-0.15, -0.1) is 0 Å². The van der Waals surface area contributed by atoms with E-state index in [4.69, 9.17) is 14.1 Å². The maximum absolute atomic E-state index is 14.0. The number of fused-ring (bicyclic) bond motifs is 1. The molecule has 0 unspecified atom stereocenters. The van der Waals surface area contributed by atoms with E-state index in [1.165, 1.54) is 28.0 Å². The normalized spacial score (nSPS) is 14.8. The minimum atomic E-state index is -1.03. The van der Waals surface area contributed by atoms with Crippen molar-refractivity contribution in [3.8, 4) is 11.3 Å². The van der Waals surface area contributed by atoms with Gasteiger partial charge in [-0.05, 0) is 36.8 Å². The van der Waals surface area contributed by atoms with Gasteiger partial charge in [0.1, 0.15) is 11.5 Å². The van der Waals surface area contributed by atoms with E-state index >= 15 is 0 Å². The SMILES string of the molecule is CCOC(=O)C1=C(c2ccccc2)N=c2s/c(=C\c3ccc(-c4cccc(C(=O)O)c4)o3)c(=O)n2[C@@H]1c1ccccc1. The molecule has 0 saturated carbocycles. The fraction of sp³-hybridized carbons (Fsp3) is 0.0909. The molecule has 1 atom stereocenters. The number of carboxylic acid groups (broad SMARTS) is 1. The lowest BCUT2D eigenvalue weighted by Crippen LogP contribution is -2.39. The van der Waals surface area contributed by atoms with E-state index < -0.39 is 18.0 Å². The summed E-state index contributed by atoms with van der Waals surface area (Å²) in [5.41, 5.74) is 2.64. The monoisotopic (exact) mass is 576 g/mol. The van der Waals surface area contributed by atoms with Gasteiger partial charge in [-0.25, -0.2) is 14.6 Å². The number of nitrogens with zero attached hydrogens (tertiary/aromatic N) is 2. The molecule has 3 heterocycles. The second-order valence-corrected chi connectivity index (χ2v) is 10.4. The number of carbonyl (C=O) groups is 2. The van der Waals surface area contributed by atoms with Crippen LogP contribution in [0.1, 0.15) is 40.2 Å². The Kier molecular flexibility index (Phi) is 7.24. The molecule has 0 amide bonds. The summed E-state index contributed by atoms with van der Waals surface area (Å²) in [5.74, 6) is -0.687. The summed E-state index contributed by atoms with van der Waals surface area (Å²) < 4.78 is 13.4. The van der Waals surface area contributed by atoms with Crippen LogP contribution in [0.2, 0.25) is 0 Å². The Morgan fingerprint density at radius 1 is 0.976 bits per heavy atom. The summed E-state index contributed by atoms with van der Waals surface area (Å²) in [6.07, 6.45) is 1.63. The predicted octanol–water partition coefficient (Wildman–Crippen LogP) is 4.89. The first-order valence-electron chi connectivity index (χ1n) is 13.2. The lowest BCUT2D eigenvalue weighted by Gasteiger charge is -2.25. The van der Waals surface area contributed by atoms with Crippen molar-refractivity contribution in [2.75, 3.05) is 6.61 Å². The molecule has 42 heavy (non-hydrogen) atoms. The van der Waals surface area contributed by atoms with Crippen LogP contribution in [-0.4, -0.2) is 28.2 Å². The van der Waals surface area contributed by atoms with Crippen molar-refractivity contribution in [3.05, 3.63) is 145 Å². The molecule has 0 spiro atoms. The van der Waals surface area contributed by atoms with Gasteiger partial charge in [0.05, 0.1) is 34.0 Å². The van der Waals surface area contributed by atoms with Gasteiger partial charge in [0.25, 0.3) is 5.56 Å². The van der Waals surface area contributed by atoms with Crippen LogP contribution in [0.4, 0.5) is 0 Å². The van der Waals surface area contributed by atoms with E-state index in [1.807, 2.05) is 60.7 Å². The number of esters is 1. The third-order valence-electron chi connectivity index (χ3n) is 6.78. The molecule has 9 heteroatoms. The van der Waals surface area contributed by atoms with Gasteiger partial charge in [-0.1, -0.05) is 84.1 Å². The number of carbonyl (C=O) groups excluding carboxylic acids is 1. The number of aromatic carboxylic acids is 1. The van der Waals surface area contributed by atoms with E-state index in [2.05, 4.69) is 0 Å². The van der Waals surface area contributed by atoms with Gasteiger partial charge < -0.3 is 14.3 Å². The summed E-state index contributed by atoms with van der Waals surface area (Å²) in [6.45, 7) is 1.91. The van der Waals surface area contributed by atoms with Gasteiger partial charge in [0, 0.05) is 17.2 Å². The predicted molar refractivity (Wildman–Crippen MR) is 159 cm³/mol. The largest absolute Gasteiger partial charge is 0.478 e. The molecular formula is C33H24N2O6S. The van der Waals surface area contributed by atoms with Crippen LogP contribution < -0.4 is 14.9 Å². The zero-order chi connectivity index (χ0) is 29.2. The summed E-state index contributed by atoms with van der Waals surface area (Å²) in [5, 5.41) is 9.33. The molecule has 0 aliphatic carbocycles. The lowest BCUT2D eigenvalue weighted by atomic mass is 9.93. The lowest BCUT2D eigenvalue weighted by molar-refractivity contribution is -0.138. The Bertz CT molecular complexity index is 2020. The van der Waals surface area contributed by atoms with Gasteiger partial charge in [-0.2, -0.15) is 0 Å². The highest BCUT2D eigenvalue weighted by atomic mass is 32.1. The molecule has 0 saturated heterocycles. The highest BCUT2D eigenvalue weighted by Crippen LogP contribution is 2.35. The van der Waals surface area contributed by atoms with Crippen LogP contribution >= 0.6 is 11.3 Å². The van der Waals surface area contributed by atoms with E-state index in [9.17, 15) is 19.5 Å². The third-order valence-corrected chi connectivity index (χ3v) is 7.77. The Balaban J connectivity index is 1.53. The minimum Gasteiger partial charge on any atom is -0.478 e. The van der Waals surface area contributed by atoms with Crippen molar-refractivity contribution < 1.29 is 23.8 Å². The maximum atomic E-state index is 14.0. The topological polar surface area (TPSA) is 111 Å². The number of thiazole rings is 1. The quantitative estimate of drug-likeness (QED) is 0.276. The average molecular weight is 577 g/mol. The number of hydrogen-bond acceptors (Lipinski definition) is 7. The molecule has 1 aliphatic rings. The zero-order valence-corrected chi connectivity index (χ0v) is 23.2. The van der Waals surface area contributed by atoms with Crippen molar-refractivity contribution in [2.24, 2.45) is 4.99 Å². The molecule has 3 aromatic carbocycles. The Morgan fingerprint density at radius 3 is 2.40 bits per heavy atom. The average Bonchev–Trinajstić information content (AvgIpc) is 3.61. The highest BCUT2D eigenvalue weighted by Gasteiger charge is 2.35. The third kappa shape index (κ3) is 5.02. The number of hydrogen-bond donors (Lipinski definition) is 1. The number of benzene rings is 3. The van der Waals surface area contributed by atoms with Crippen molar-refractivity contribution in [1.82, 2.24) is 4.57 Å². The summed E-state index contributed by atoms with van der Waals surface area (Å²) in [4.78, 5) is 44.1. The van der Waals surface area contributed by atoms with Crippen LogP contribution in [0.15, 0.2) is 117 Å². The van der Waals surface area contributed by atoms with Crippen LogP contribution in [-0.2, 0) is 9.53 Å². The van der Waals surface area contributed by atoms with Gasteiger partial charge in [0.2, 0.25) is 0 Å². The van der Waals surface area contributed by atoms with E-state index in [0.717, 1.165) is 11.1 Å². The van der Waals surface area contributed by atoms with Crippen LogP contribution in [0.25, 0.3) is 23.1 Å². The fourth-order valence-electron chi connectivity index (χ4n) is 4.91. The maximum Gasteiger partial charge on any atom is 0.338 e. The van der Waals surface area contributed by atoms with Gasteiger partial charge in [0.15, 0.2) is 4.80 Å². The molecule has 5 aromatic rings. The highest BCUT2D eigenvalue weighted by molar-refractivity contribution is 7.07. The molecule has 0 bridgehead atoms. The Hall–Kier alpha value is -5.28. The first kappa shape index (κ1) is 26.9. The number of aromatic nitrogens is 1. The smallest absolute Gasteiger partial charge is 0.338 e. The van der Waals surface area contributed by atoms with E-state index in [-0.39, 0.29) is 23.3 Å². The van der Waals surface area contributed by atoms with Gasteiger partial charge >= 0.3 is 11.9 Å². The summed E-state index contributed by atoms with van der Waals surface area (Å²) >= 11 is 1.20. The second-order valence-electron chi connectivity index (χ2n) is 9.43. The van der Waals surface area contributed by atoms with E-state index in [1.54, 1.807) is 37.3 Å². The van der Waals surface area contributed by atoms with Crippen molar-refractivity contribution in [3.63, 3.8) is 0 Å². The number of ether oxygens (including phenoxy) is 1. The van der Waals surface area contributed by atoms with Gasteiger partial charge in [-0.3, -0.25) is 9.36 Å². The summed E-state index contributed by atoms with van der Waals surface area (Å²) in [7, 11) is 0. The van der Waals surface area contributed by atoms with Crippen LogP contribution in [0.5, 0.6) is 0 Å². The molecule has 1 aliphatic heterocycles. The minimum absolute atomic E-state index is 0.145. The standard InChI is InChI=1S/C33H24N2O6S/c1-2-40-32(39)27-28(20-10-5-3-6-11-20)34-33-35(29(27)21-12-7-4-8-13-21)30(36)26(42-33)19-24-16-17-25(41-24)22-14-9-15-23(18-22)31(37)38/h3-19,29H,2H2,1H3,(H,37,38)/b26-19-/t29-/m1/s1. The fourth-order valence-corrected chi connectivity index (χ4v) is 5.89. The zero-order valence-electron chi connectivity index (χ0n) is 22.4. The molecule has 1 N–H and O–H groups in total. The Morgan fingerprint density at radius 2 is 1.69 bits per heavy atom. The number of furan rings is 1. The molecule has 2 aromatic heterocycles. The number of rotatable bonds is 7.